The van der Waals surface area contributed by atoms with Crippen LogP contribution >= 0.6 is 35.2 Å². The number of rotatable bonds is 2. The maximum atomic E-state index is 4.37. The van der Waals surface area contributed by atoms with E-state index in [0.29, 0.717) is 0 Å². The van der Waals surface area contributed by atoms with Crippen molar-refractivity contribution in [3.63, 3.8) is 0 Å². The average Bonchev–Trinajstić information content (AvgIpc) is 2.33. The van der Waals surface area contributed by atoms with E-state index in [4.69, 9.17) is 0 Å². The minimum Gasteiger partial charge on any atom is -0.369 e. The molecule has 16 heavy (non-hydrogen) atoms. The summed E-state index contributed by atoms with van der Waals surface area (Å²) in [5.74, 6) is 0.815. The standard InChI is InChI=1S/C12H17IN2S/c1-9-11(13)6-10(8-16)7-12(9)15-4-2-14-3-5-15/h6-7,14,16H,2-5,8H2,1H3. The van der Waals surface area contributed by atoms with E-state index in [1.165, 1.54) is 20.4 Å². The molecule has 0 unspecified atom stereocenters. The molecular formula is C12H17IN2S. The molecule has 1 aliphatic heterocycles. The van der Waals surface area contributed by atoms with E-state index in [0.717, 1.165) is 31.9 Å². The highest BCUT2D eigenvalue weighted by Gasteiger charge is 2.14. The molecule has 1 saturated heterocycles. The van der Waals surface area contributed by atoms with Crippen LogP contribution in [0.1, 0.15) is 11.1 Å². The van der Waals surface area contributed by atoms with Crippen molar-refractivity contribution in [2.75, 3.05) is 31.1 Å². The number of halogens is 1. The lowest BCUT2D eigenvalue weighted by Crippen LogP contribution is -2.43. The first-order valence-corrected chi connectivity index (χ1v) is 7.29. The van der Waals surface area contributed by atoms with E-state index >= 15 is 0 Å². The zero-order chi connectivity index (χ0) is 11.5. The fourth-order valence-electron chi connectivity index (χ4n) is 2.04. The quantitative estimate of drug-likeness (QED) is 0.631. The average molecular weight is 348 g/mol. The van der Waals surface area contributed by atoms with Gasteiger partial charge in [-0.05, 0) is 52.8 Å². The molecule has 0 aliphatic carbocycles. The van der Waals surface area contributed by atoms with Crippen molar-refractivity contribution < 1.29 is 0 Å². The Morgan fingerprint density at radius 2 is 2.06 bits per heavy atom. The van der Waals surface area contributed by atoms with E-state index in [9.17, 15) is 0 Å². The molecule has 0 atom stereocenters. The third kappa shape index (κ3) is 2.65. The van der Waals surface area contributed by atoms with Crippen LogP contribution in [-0.4, -0.2) is 26.2 Å². The predicted octanol–water partition coefficient (Wildman–Crippen LogP) is 2.44. The van der Waals surface area contributed by atoms with Gasteiger partial charge in [0.05, 0.1) is 0 Å². The summed E-state index contributed by atoms with van der Waals surface area (Å²) in [6, 6.07) is 4.52. The highest BCUT2D eigenvalue weighted by molar-refractivity contribution is 14.1. The van der Waals surface area contributed by atoms with Crippen LogP contribution in [0.4, 0.5) is 5.69 Å². The number of benzene rings is 1. The fourth-order valence-corrected chi connectivity index (χ4v) is 2.90. The molecule has 0 amide bonds. The Hall–Kier alpha value is 0.0600. The van der Waals surface area contributed by atoms with Gasteiger partial charge in [0.1, 0.15) is 0 Å². The summed E-state index contributed by atoms with van der Waals surface area (Å²) in [6.45, 7) is 6.59. The van der Waals surface area contributed by atoms with Crippen molar-refractivity contribution >= 4 is 40.9 Å². The largest absolute Gasteiger partial charge is 0.369 e. The summed E-state index contributed by atoms with van der Waals surface area (Å²) in [7, 11) is 0. The molecule has 1 aromatic carbocycles. The van der Waals surface area contributed by atoms with Crippen LogP contribution in [-0.2, 0) is 5.75 Å². The van der Waals surface area contributed by atoms with Crippen LogP contribution in [0.25, 0.3) is 0 Å². The number of thiol groups is 1. The second kappa shape index (κ2) is 5.60. The summed E-state index contributed by atoms with van der Waals surface area (Å²) in [4.78, 5) is 2.47. The van der Waals surface area contributed by atoms with Crippen molar-refractivity contribution in [2.24, 2.45) is 0 Å². The van der Waals surface area contributed by atoms with Crippen LogP contribution in [0, 0.1) is 10.5 Å². The lowest BCUT2D eigenvalue weighted by Gasteiger charge is -2.31. The van der Waals surface area contributed by atoms with Gasteiger partial charge in [-0.2, -0.15) is 12.6 Å². The molecule has 0 saturated carbocycles. The lowest BCUT2D eigenvalue weighted by atomic mass is 10.1. The molecule has 1 heterocycles. The first kappa shape index (κ1) is 12.5. The molecule has 2 nitrogen and oxygen atoms in total. The predicted molar refractivity (Wildman–Crippen MR) is 81.7 cm³/mol. The summed E-state index contributed by atoms with van der Waals surface area (Å²) < 4.78 is 1.35. The van der Waals surface area contributed by atoms with Crippen molar-refractivity contribution in [1.82, 2.24) is 5.32 Å². The van der Waals surface area contributed by atoms with Crippen molar-refractivity contribution in [3.05, 3.63) is 26.8 Å². The van der Waals surface area contributed by atoms with Gasteiger partial charge < -0.3 is 10.2 Å². The summed E-state index contributed by atoms with van der Waals surface area (Å²) >= 11 is 6.79. The Morgan fingerprint density at radius 1 is 1.38 bits per heavy atom. The van der Waals surface area contributed by atoms with Gasteiger partial charge in [0.2, 0.25) is 0 Å². The number of nitrogens with one attached hydrogen (secondary N) is 1. The number of nitrogens with zero attached hydrogens (tertiary/aromatic N) is 1. The van der Waals surface area contributed by atoms with Gasteiger partial charge in [0.15, 0.2) is 0 Å². The number of hydrogen-bond acceptors (Lipinski definition) is 3. The van der Waals surface area contributed by atoms with E-state index in [1.807, 2.05) is 0 Å². The van der Waals surface area contributed by atoms with Crippen LogP contribution in [0.15, 0.2) is 12.1 Å². The highest BCUT2D eigenvalue weighted by Crippen LogP contribution is 2.27. The van der Waals surface area contributed by atoms with Crippen LogP contribution in [0.5, 0.6) is 0 Å². The first-order valence-electron chi connectivity index (χ1n) is 5.58. The molecule has 0 bridgehead atoms. The number of hydrogen-bond donors (Lipinski definition) is 2. The van der Waals surface area contributed by atoms with E-state index in [-0.39, 0.29) is 0 Å². The van der Waals surface area contributed by atoms with Gasteiger partial charge in [-0.15, -0.1) is 0 Å². The lowest BCUT2D eigenvalue weighted by molar-refractivity contribution is 0.588. The Kier molecular flexibility index (Phi) is 4.38. The van der Waals surface area contributed by atoms with Gasteiger partial charge in [-0.1, -0.05) is 0 Å². The maximum Gasteiger partial charge on any atom is 0.0410 e. The van der Waals surface area contributed by atoms with Crippen molar-refractivity contribution in [3.8, 4) is 0 Å². The molecule has 4 heteroatoms. The second-order valence-electron chi connectivity index (χ2n) is 4.12. The maximum absolute atomic E-state index is 4.37. The molecule has 0 spiro atoms. The smallest absolute Gasteiger partial charge is 0.0410 e. The van der Waals surface area contributed by atoms with Gasteiger partial charge in [-0.25, -0.2) is 0 Å². The molecular weight excluding hydrogens is 331 g/mol. The minimum atomic E-state index is 0.815. The molecule has 1 fully saturated rings. The van der Waals surface area contributed by atoms with Crippen LogP contribution in [0.3, 0.4) is 0 Å². The van der Waals surface area contributed by atoms with Gasteiger partial charge in [0, 0.05) is 41.2 Å². The zero-order valence-corrected chi connectivity index (χ0v) is 12.5. The highest BCUT2D eigenvalue weighted by atomic mass is 127. The van der Waals surface area contributed by atoms with Crippen LogP contribution in [0.2, 0.25) is 0 Å². The first-order chi connectivity index (χ1) is 7.72. The monoisotopic (exact) mass is 348 g/mol. The minimum absolute atomic E-state index is 0.815. The van der Waals surface area contributed by atoms with E-state index < -0.39 is 0 Å². The second-order valence-corrected chi connectivity index (χ2v) is 5.60. The molecule has 1 aliphatic rings. The Labute approximate surface area is 116 Å². The van der Waals surface area contributed by atoms with Crippen molar-refractivity contribution in [1.29, 1.82) is 0 Å². The third-order valence-corrected chi connectivity index (χ3v) is 4.50. The Bertz CT molecular complexity index is 376. The topological polar surface area (TPSA) is 15.3 Å². The zero-order valence-electron chi connectivity index (χ0n) is 9.46. The van der Waals surface area contributed by atoms with Gasteiger partial charge >= 0.3 is 0 Å². The fraction of sp³-hybridized carbons (Fsp3) is 0.500. The van der Waals surface area contributed by atoms with E-state index in [1.54, 1.807) is 0 Å². The molecule has 1 N–H and O–H groups in total. The third-order valence-electron chi connectivity index (χ3n) is 3.02. The van der Waals surface area contributed by atoms with Crippen LogP contribution < -0.4 is 10.2 Å². The van der Waals surface area contributed by atoms with Crippen molar-refractivity contribution in [2.45, 2.75) is 12.7 Å². The normalized spacial score (nSPS) is 16.6. The summed E-state index contributed by atoms with van der Waals surface area (Å²) in [5.41, 5.74) is 4.09. The molecule has 1 aromatic rings. The van der Waals surface area contributed by atoms with Gasteiger partial charge in [0.25, 0.3) is 0 Å². The summed E-state index contributed by atoms with van der Waals surface area (Å²) in [5, 5.41) is 3.39. The SMILES string of the molecule is Cc1c(I)cc(CS)cc1N1CCNCC1. The van der Waals surface area contributed by atoms with E-state index in [2.05, 4.69) is 64.5 Å². The molecule has 88 valence electrons. The number of anilines is 1. The molecule has 2 rings (SSSR count). The molecule has 0 radical (unpaired) electrons. The Balaban J connectivity index is 2.33. The molecule has 0 aromatic heterocycles. The Morgan fingerprint density at radius 3 is 2.69 bits per heavy atom. The number of piperazine rings is 1. The van der Waals surface area contributed by atoms with Gasteiger partial charge in [-0.3, -0.25) is 0 Å². The summed E-state index contributed by atoms with van der Waals surface area (Å²) in [6.07, 6.45) is 0.